The van der Waals surface area contributed by atoms with Crippen molar-refractivity contribution in [2.24, 2.45) is 5.92 Å². The number of halogens is 3. The van der Waals surface area contributed by atoms with Gasteiger partial charge in [-0.15, -0.1) is 0 Å². The molecule has 15 heavy (non-hydrogen) atoms. The quantitative estimate of drug-likeness (QED) is 0.623. The Morgan fingerprint density at radius 3 is 2.00 bits per heavy atom. The molecule has 0 heterocycles. The summed E-state index contributed by atoms with van der Waals surface area (Å²) in [5.41, 5.74) is 0. The van der Waals surface area contributed by atoms with Gasteiger partial charge >= 0.3 is 6.18 Å². The predicted octanol–water partition coefficient (Wildman–Crippen LogP) is 3.70. The number of hydrogen-bond acceptors (Lipinski definition) is 1. The lowest BCUT2D eigenvalue weighted by molar-refractivity contribution is -0.175. The average molecular weight is 225 g/mol. The van der Waals surface area contributed by atoms with Gasteiger partial charge in [-0.3, -0.25) is 4.90 Å². The minimum absolute atomic E-state index is 0.521. The molecule has 0 aliphatic heterocycles. The molecule has 1 nitrogen and oxygen atoms in total. The summed E-state index contributed by atoms with van der Waals surface area (Å²) in [5, 5.41) is 0. The lowest BCUT2D eigenvalue weighted by atomic mass is 10.1. The van der Waals surface area contributed by atoms with E-state index < -0.39 is 12.2 Å². The molecule has 0 aromatic carbocycles. The topological polar surface area (TPSA) is 3.24 Å². The van der Waals surface area contributed by atoms with E-state index in [4.69, 9.17) is 0 Å². The van der Waals surface area contributed by atoms with Crippen molar-refractivity contribution in [2.75, 3.05) is 13.6 Å². The second-order valence-corrected chi connectivity index (χ2v) is 4.59. The largest absolute Gasteiger partial charge is 0.403 e. The van der Waals surface area contributed by atoms with E-state index in [0.717, 1.165) is 19.3 Å². The van der Waals surface area contributed by atoms with Gasteiger partial charge in [0, 0.05) is 0 Å². The van der Waals surface area contributed by atoms with Crippen molar-refractivity contribution in [1.29, 1.82) is 0 Å². The number of alkyl halides is 3. The Morgan fingerprint density at radius 1 is 1.07 bits per heavy atom. The smallest absolute Gasteiger partial charge is 0.296 e. The van der Waals surface area contributed by atoms with E-state index in [1.165, 1.54) is 18.9 Å². The third-order valence-electron chi connectivity index (χ3n) is 2.68. The molecule has 0 aromatic rings. The molecule has 1 atom stereocenters. The van der Waals surface area contributed by atoms with Gasteiger partial charge in [-0.05, 0) is 32.9 Å². The fourth-order valence-corrected chi connectivity index (χ4v) is 1.36. The molecule has 0 N–H and O–H groups in total. The van der Waals surface area contributed by atoms with Crippen LogP contribution in [-0.2, 0) is 0 Å². The summed E-state index contributed by atoms with van der Waals surface area (Å²) < 4.78 is 36.9. The zero-order valence-electron chi connectivity index (χ0n) is 10.1. The van der Waals surface area contributed by atoms with E-state index in [9.17, 15) is 13.2 Å². The Balaban J connectivity index is 3.70. The fraction of sp³-hybridized carbons (Fsp3) is 1.00. The number of hydrogen-bond donors (Lipinski definition) is 0. The minimum Gasteiger partial charge on any atom is -0.296 e. The first-order valence-corrected chi connectivity index (χ1v) is 5.52. The Kier molecular flexibility index (Phi) is 6.25. The van der Waals surface area contributed by atoms with Crippen LogP contribution in [0.15, 0.2) is 0 Å². The summed E-state index contributed by atoms with van der Waals surface area (Å²) in [6, 6.07) is -1.34. The fourth-order valence-electron chi connectivity index (χ4n) is 1.36. The Hall–Kier alpha value is -0.250. The van der Waals surface area contributed by atoms with Gasteiger partial charge in [0.2, 0.25) is 0 Å². The van der Waals surface area contributed by atoms with Crippen LogP contribution in [0.3, 0.4) is 0 Å². The molecule has 1 unspecified atom stereocenters. The highest BCUT2D eigenvalue weighted by Crippen LogP contribution is 2.23. The summed E-state index contributed by atoms with van der Waals surface area (Å²) in [4.78, 5) is 1.38. The van der Waals surface area contributed by atoms with Crippen LogP contribution >= 0.6 is 0 Å². The SMILES string of the molecule is CC(C)CCCCN(C)C(C)C(F)(F)F. The number of unbranched alkanes of at least 4 members (excludes halogenated alkanes) is 1. The molecule has 0 aliphatic rings. The van der Waals surface area contributed by atoms with Crippen molar-refractivity contribution >= 4 is 0 Å². The highest BCUT2D eigenvalue weighted by atomic mass is 19.4. The lowest BCUT2D eigenvalue weighted by Gasteiger charge is -2.26. The molecule has 0 spiro atoms. The zero-order valence-corrected chi connectivity index (χ0v) is 10.1. The van der Waals surface area contributed by atoms with E-state index in [-0.39, 0.29) is 0 Å². The van der Waals surface area contributed by atoms with Crippen LogP contribution in [0.4, 0.5) is 13.2 Å². The van der Waals surface area contributed by atoms with Gasteiger partial charge < -0.3 is 0 Å². The zero-order chi connectivity index (χ0) is 12.1. The van der Waals surface area contributed by atoms with Gasteiger partial charge in [-0.2, -0.15) is 13.2 Å². The minimum atomic E-state index is -4.10. The molecule has 0 bridgehead atoms. The van der Waals surface area contributed by atoms with Crippen molar-refractivity contribution in [3.05, 3.63) is 0 Å². The first-order valence-electron chi connectivity index (χ1n) is 5.52. The van der Waals surface area contributed by atoms with Crippen molar-refractivity contribution in [3.8, 4) is 0 Å². The second-order valence-electron chi connectivity index (χ2n) is 4.59. The molecule has 0 aliphatic carbocycles. The van der Waals surface area contributed by atoms with Crippen LogP contribution in [0.1, 0.15) is 40.0 Å². The Bertz CT molecular complexity index is 166. The normalized spacial score (nSPS) is 15.0. The van der Waals surface area contributed by atoms with Crippen LogP contribution in [0.25, 0.3) is 0 Å². The molecule has 0 aromatic heterocycles. The molecule has 0 rings (SSSR count). The van der Waals surface area contributed by atoms with Crippen LogP contribution in [0, 0.1) is 5.92 Å². The van der Waals surface area contributed by atoms with Crippen molar-refractivity contribution in [2.45, 2.75) is 52.3 Å². The van der Waals surface area contributed by atoms with Crippen LogP contribution in [0.5, 0.6) is 0 Å². The molecule has 0 amide bonds. The molecule has 4 heteroatoms. The van der Waals surface area contributed by atoms with E-state index in [2.05, 4.69) is 13.8 Å². The Labute approximate surface area is 90.6 Å². The van der Waals surface area contributed by atoms with E-state index in [1.807, 2.05) is 0 Å². The molecule has 0 radical (unpaired) electrons. The third kappa shape index (κ3) is 6.77. The maximum absolute atomic E-state index is 12.3. The third-order valence-corrected chi connectivity index (χ3v) is 2.68. The molecule has 0 fully saturated rings. The summed E-state index contributed by atoms with van der Waals surface area (Å²) in [6.07, 6.45) is -1.16. The lowest BCUT2D eigenvalue weighted by Crippen LogP contribution is -2.41. The van der Waals surface area contributed by atoms with Gasteiger partial charge in [0.1, 0.15) is 6.04 Å². The highest BCUT2D eigenvalue weighted by Gasteiger charge is 2.38. The number of nitrogens with zero attached hydrogens (tertiary/aromatic N) is 1. The van der Waals surface area contributed by atoms with Crippen molar-refractivity contribution < 1.29 is 13.2 Å². The molecule has 92 valence electrons. The monoisotopic (exact) mass is 225 g/mol. The first-order chi connectivity index (χ1) is 6.75. The summed E-state index contributed by atoms with van der Waals surface area (Å²) in [6.45, 7) is 5.99. The predicted molar refractivity (Wildman–Crippen MR) is 56.8 cm³/mol. The molecule has 0 saturated heterocycles. The van der Waals surface area contributed by atoms with Gasteiger partial charge in [-0.1, -0.05) is 26.7 Å². The second kappa shape index (κ2) is 6.36. The van der Waals surface area contributed by atoms with Crippen molar-refractivity contribution in [3.63, 3.8) is 0 Å². The number of rotatable bonds is 6. The standard InChI is InChI=1S/C11H22F3N/c1-9(2)7-5-6-8-15(4)10(3)11(12,13)14/h9-10H,5-8H2,1-4H3. The van der Waals surface area contributed by atoms with Gasteiger partial charge in [0.05, 0.1) is 0 Å². The van der Waals surface area contributed by atoms with Crippen molar-refractivity contribution in [1.82, 2.24) is 4.90 Å². The van der Waals surface area contributed by atoms with Gasteiger partial charge in [0.15, 0.2) is 0 Å². The molecule has 0 saturated carbocycles. The highest BCUT2D eigenvalue weighted by molar-refractivity contribution is 4.71. The first kappa shape index (κ1) is 14.8. The summed E-state index contributed by atoms with van der Waals surface area (Å²) >= 11 is 0. The van der Waals surface area contributed by atoms with E-state index in [1.54, 1.807) is 0 Å². The van der Waals surface area contributed by atoms with Gasteiger partial charge in [0.25, 0.3) is 0 Å². The maximum atomic E-state index is 12.3. The van der Waals surface area contributed by atoms with E-state index in [0.29, 0.717) is 12.5 Å². The average Bonchev–Trinajstić information content (AvgIpc) is 2.09. The van der Waals surface area contributed by atoms with E-state index >= 15 is 0 Å². The van der Waals surface area contributed by atoms with Crippen LogP contribution < -0.4 is 0 Å². The van der Waals surface area contributed by atoms with Crippen LogP contribution in [-0.4, -0.2) is 30.7 Å². The van der Waals surface area contributed by atoms with Crippen LogP contribution in [0.2, 0.25) is 0 Å². The molecular formula is C11H22F3N. The molecular weight excluding hydrogens is 203 g/mol. The summed E-state index contributed by atoms with van der Waals surface area (Å²) in [5.74, 6) is 0.635. The maximum Gasteiger partial charge on any atom is 0.403 e. The Morgan fingerprint density at radius 2 is 1.60 bits per heavy atom. The van der Waals surface area contributed by atoms with Gasteiger partial charge in [-0.25, -0.2) is 0 Å². The summed E-state index contributed by atoms with van der Waals surface area (Å²) in [7, 11) is 1.54.